The average Bonchev–Trinajstić information content (AvgIpc) is 2.60. The molecule has 3 aromatic rings. The van der Waals surface area contributed by atoms with E-state index in [4.69, 9.17) is 27.3 Å². The monoisotopic (exact) mass is 371 g/mol. The molecule has 9 nitrogen and oxygen atoms in total. The van der Waals surface area contributed by atoms with E-state index in [-0.39, 0.29) is 22.2 Å². The van der Waals surface area contributed by atoms with Crippen LogP contribution in [0.5, 0.6) is 17.2 Å². The van der Waals surface area contributed by atoms with Crippen molar-refractivity contribution in [3.05, 3.63) is 68.0 Å². The minimum Gasteiger partial charge on any atom is -0.504 e. The van der Waals surface area contributed by atoms with Crippen molar-refractivity contribution >= 4 is 17.3 Å². The second-order valence-corrected chi connectivity index (χ2v) is 5.49. The molecule has 1 aromatic heterocycles. The second-order valence-electron chi connectivity index (χ2n) is 5.08. The third-order valence-electron chi connectivity index (χ3n) is 3.29. The van der Waals surface area contributed by atoms with Gasteiger partial charge in [0, 0.05) is 11.8 Å². The normalized spacial score (nSPS) is 10.3. The molecule has 0 aliphatic heterocycles. The maximum atomic E-state index is 11.9. The van der Waals surface area contributed by atoms with Crippen molar-refractivity contribution in [1.29, 1.82) is 5.26 Å². The van der Waals surface area contributed by atoms with Gasteiger partial charge in [0.1, 0.15) is 11.8 Å². The Morgan fingerprint density at radius 2 is 1.96 bits per heavy atom. The van der Waals surface area contributed by atoms with Gasteiger partial charge in [-0.05, 0) is 30.3 Å². The molecule has 130 valence electrons. The number of nitriles is 1. The second kappa shape index (κ2) is 6.62. The summed E-state index contributed by atoms with van der Waals surface area (Å²) in [6, 6.07) is 10.4. The number of nitrogens with zero attached hydrogens (tertiary/aromatic N) is 3. The summed E-state index contributed by atoms with van der Waals surface area (Å²) in [6.45, 7) is 0. The number of aromatic nitrogens is 3. The first-order valence-corrected chi connectivity index (χ1v) is 7.47. The molecule has 0 fully saturated rings. The lowest BCUT2D eigenvalue weighted by Gasteiger charge is -2.12. The highest BCUT2D eigenvalue weighted by atomic mass is 35.5. The molecule has 0 aliphatic rings. The molecule has 4 N–H and O–H groups in total. The maximum absolute atomic E-state index is 11.9. The number of nitrogen functional groups attached to an aromatic ring is 1. The fraction of sp³-hybridized carbons (Fsp3) is 0. The summed E-state index contributed by atoms with van der Waals surface area (Å²) < 4.78 is 6.26. The van der Waals surface area contributed by atoms with Gasteiger partial charge in [-0.1, -0.05) is 11.6 Å². The number of hydrogen-bond acceptors (Lipinski definition) is 7. The standard InChI is InChI=1S/C16H10ClN5O4/c17-11-5-9(22-16(25)20-15(24)12(7-18)21-22)6-13(23)14(11)26-10-3-1-8(19)2-4-10/h1-6,23H,19H2,(H,20,24,25). The first-order chi connectivity index (χ1) is 12.4. The molecule has 0 unspecified atom stereocenters. The van der Waals surface area contributed by atoms with Crippen molar-refractivity contribution in [2.45, 2.75) is 0 Å². The Morgan fingerprint density at radius 3 is 2.58 bits per heavy atom. The number of H-pyrrole nitrogens is 1. The number of benzene rings is 2. The van der Waals surface area contributed by atoms with Gasteiger partial charge in [0.15, 0.2) is 11.5 Å². The fourth-order valence-corrected chi connectivity index (χ4v) is 2.34. The highest BCUT2D eigenvalue weighted by Crippen LogP contribution is 2.39. The molecule has 0 saturated heterocycles. The van der Waals surface area contributed by atoms with Crippen LogP contribution in [-0.4, -0.2) is 19.9 Å². The summed E-state index contributed by atoms with van der Waals surface area (Å²) in [5, 5.41) is 22.7. The Kier molecular flexibility index (Phi) is 4.34. The zero-order valence-corrected chi connectivity index (χ0v) is 13.7. The van der Waals surface area contributed by atoms with E-state index >= 15 is 0 Å². The topological polar surface area (TPSA) is 147 Å². The number of anilines is 1. The van der Waals surface area contributed by atoms with Gasteiger partial charge in [-0.3, -0.25) is 9.78 Å². The number of nitrogens with two attached hydrogens (primary N) is 1. The smallest absolute Gasteiger partial charge is 0.349 e. The van der Waals surface area contributed by atoms with Gasteiger partial charge >= 0.3 is 5.69 Å². The average molecular weight is 372 g/mol. The fourth-order valence-electron chi connectivity index (χ4n) is 2.09. The molecule has 3 rings (SSSR count). The van der Waals surface area contributed by atoms with E-state index in [1.807, 2.05) is 4.98 Å². The molecule has 10 heteroatoms. The van der Waals surface area contributed by atoms with Gasteiger partial charge in [0.25, 0.3) is 5.56 Å². The minimum atomic E-state index is -0.910. The Balaban J connectivity index is 2.05. The van der Waals surface area contributed by atoms with E-state index < -0.39 is 16.9 Å². The number of phenols is 1. The Morgan fingerprint density at radius 1 is 1.27 bits per heavy atom. The highest BCUT2D eigenvalue weighted by Gasteiger charge is 2.15. The van der Waals surface area contributed by atoms with Crippen molar-refractivity contribution in [1.82, 2.24) is 14.8 Å². The van der Waals surface area contributed by atoms with Gasteiger partial charge in [0.05, 0.1) is 10.7 Å². The van der Waals surface area contributed by atoms with Crippen LogP contribution in [0.2, 0.25) is 5.02 Å². The molecule has 0 bridgehead atoms. The Bertz CT molecular complexity index is 1120. The van der Waals surface area contributed by atoms with Crippen LogP contribution in [0, 0.1) is 11.3 Å². The number of phenolic OH excluding ortho intramolecular Hbond substituents is 1. The number of hydrogen-bond donors (Lipinski definition) is 3. The number of halogens is 1. The van der Waals surface area contributed by atoms with Crippen LogP contribution in [0.15, 0.2) is 46.0 Å². The summed E-state index contributed by atoms with van der Waals surface area (Å²) in [6.07, 6.45) is 0. The van der Waals surface area contributed by atoms with Crippen LogP contribution in [0.4, 0.5) is 5.69 Å². The van der Waals surface area contributed by atoms with Crippen LogP contribution in [-0.2, 0) is 0 Å². The number of nitrogens with one attached hydrogen (secondary N) is 1. The van der Waals surface area contributed by atoms with Gasteiger partial charge < -0.3 is 15.6 Å². The predicted molar refractivity (Wildman–Crippen MR) is 92.8 cm³/mol. The van der Waals surface area contributed by atoms with Gasteiger partial charge in [-0.25, -0.2) is 4.79 Å². The summed E-state index contributed by atoms with van der Waals surface area (Å²) in [7, 11) is 0. The minimum absolute atomic E-state index is 0.0183. The molecule has 0 atom stereocenters. The first-order valence-electron chi connectivity index (χ1n) is 7.09. The van der Waals surface area contributed by atoms with Gasteiger partial charge in [-0.2, -0.15) is 9.94 Å². The van der Waals surface area contributed by atoms with Crippen LogP contribution in [0.25, 0.3) is 5.69 Å². The Labute approximate surface area is 150 Å². The SMILES string of the molecule is N#Cc1nn(-c2cc(O)c(Oc3ccc(N)cc3)c(Cl)c2)c(=O)[nH]c1=O. The quantitative estimate of drug-likeness (QED) is 0.591. The third-order valence-corrected chi connectivity index (χ3v) is 3.57. The highest BCUT2D eigenvalue weighted by molar-refractivity contribution is 6.32. The van der Waals surface area contributed by atoms with Crippen molar-refractivity contribution < 1.29 is 9.84 Å². The van der Waals surface area contributed by atoms with Crippen molar-refractivity contribution in [3.63, 3.8) is 0 Å². The van der Waals surface area contributed by atoms with E-state index in [0.29, 0.717) is 11.4 Å². The lowest BCUT2D eigenvalue weighted by atomic mass is 10.2. The molecule has 0 spiro atoms. The van der Waals surface area contributed by atoms with Crippen LogP contribution in [0.1, 0.15) is 5.69 Å². The lowest BCUT2D eigenvalue weighted by Crippen LogP contribution is -2.33. The molecule has 0 aliphatic carbocycles. The number of aromatic hydroxyl groups is 1. The summed E-state index contributed by atoms with van der Waals surface area (Å²) in [5.41, 5.74) is 3.86. The largest absolute Gasteiger partial charge is 0.504 e. The van der Waals surface area contributed by atoms with Crippen molar-refractivity contribution in [2.75, 3.05) is 5.73 Å². The van der Waals surface area contributed by atoms with E-state index in [9.17, 15) is 14.7 Å². The molecular weight excluding hydrogens is 362 g/mol. The number of rotatable bonds is 3. The van der Waals surface area contributed by atoms with Crippen molar-refractivity contribution in [2.24, 2.45) is 0 Å². The molecular formula is C16H10ClN5O4. The molecule has 0 amide bonds. The molecule has 26 heavy (non-hydrogen) atoms. The van der Waals surface area contributed by atoms with E-state index in [1.165, 1.54) is 6.07 Å². The zero-order chi connectivity index (χ0) is 18.8. The zero-order valence-electron chi connectivity index (χ0n) is 12.9. The van der Waals surface area contributed by atoms with Crippen molar-refractivity contribution in [3.8, 4) is 29.0 Å². The van der Waals surface area contributed by atoms with Gasteiger partial charge in [0.2, 0.25) is 5.69 Å². The van der Waals surface area contributed by atoms with Crippen LogP contribution in [0.3, 0.4) is 0 Å². The number of ether oxygens (including phenoxy) is 1. The third kappa shape index (κ3) is 3.22. The predicted octanol–water partition coefficient (Wildman–Crippen LogP) is 1.53. The van der Waals surface area contributed by atoms with Gasteiger partial charge in [-0.15, -0.1) is 5.10 Å². The maximum Gasteiger partial charge on any atom is 0.349 e. The van der Waals surface area contributed by atoms with Crippen LogP contribution < -0.4 is 21.7 Å². The summed E-state index contributed by atoms with van der Waals surface area (Å²) in [4.78, 5) is 25.3. The summed E-state index contributed by atoms with van der Waals surface area (Å²) in [5.74, 6) is -0.0313. The first kappa shape index (κ1) is 17.1. The number of aromatic amines is 1. The lowest BCUT2D eigenvalue weighted by molar-refractivity contribution is 0.411. The molecule has 1 heterocycles. The molecule has 0 radical (unpaired) electrons. The Hall–Kier alpha value is -3.77. The van der Waals surface area contributed by atoms with E-state index in [2.05, 4.69) is 5.10 Å². The molecule has 0 saturated carbocycles. The van der Waals surface area contributed by atoms with Crippen LogP contribution >= 0.6 is 11.6 Å². The summed E-state index contributed by atoms with van der Waals surface area (Å²) >= 11 is 6.13. The van der Waals surface area contributed by atoms with E-state index in [1.54, 1.807) is 30.3 Å². The van der Waals surface area contributed by atoms with E-state index in [0.717, 1.165) is 10.7 Å². The molecule has 2 aromatic carbocycles.